The molecule has 0 saturated carbocycles. The number of benzene rings is 3. The van der Waals surface area contributed by atoms with Crippen LogP contribution in [0.4, 0.5) is 5.95 Å². The lowest BCUT2D eigenvalue weighted by Crippen LogP contribution is -2.46. The number of carbonyl (C=O) groups is 2. The van der Waals surface area contributed by atoms with E-state index < -0.39 is 23.3 Å². The Morgan fingerprint density at radius 1 is 0.842 bits per heavy atom. The fourth-order valence-electron chi connectivity index (χ4n) is 6.01. The summed E-state index contributed by atoms with van der Waals surface area (Å²) < 4.78 is 18.2. The number of carboxylic acids is 1. The Kier molecular flexibility index (Phi) is 17.2. The van der Waals surface area contributed by atoms with Gasteiger partial charge in [-0.15, -0.1) is 0 Å². The number of imidazole rings is 1. The van der Waals surface area contributed by atoms with Gasteiger partial charge in [-0.2, -0.15) is 0 Å². The van der Waals surface area contributed by atoms with Crippen molar-refractivity contribution in [1.29, 1.82) is 0 Å². The third kappa shape index (κ3) is 13.6. The molecule has 2 heterocycles. The molecule has 57 heavy (non-hydrogen) atoms. The monoisotopic (exact) mass is 782 g/mol. The predicted octanol–water partition coefficient (Wildman–Crippen LogP) is 3.39. The van der Waals surface area contributed by atoms with Crippen LogP contribution in [-0.4, -0.2) is 96.8 Å². The molecule has 15 nitrogen and oxygen atoms in total. The fourth-order valence-corrected chi connectivity index (χ4v) is 6.01. The molecule has 5 aromatic rings. The molecule has 15 heteroatoms. The maximum atomic E-state index is 13.3. The number of aliphatic carboxylic acids is 1. The molecule has 0 fully saturated rings. The molecule has 1 atom stereocenters. The second kappa shape index (κ2) is 23.0. The zero-order chi connectivity index (χ0) is 40.2. The van der Waals surface area contributed by atoms with Gasteiger partial charge in [0.1, 0.15) is 11.6 Å². The summed E-state index contributed by atoms with van der Waals surface area (Å²) in [4.78, 5) is 45.6. The molecular weight excluding hydrogens is 729 g/mol. The van der Waals surface area contributed by atoms with Gasteiger partial charge in [0.05, 0.1) is 31.9 Å². The average molecular weight is 783 g/mol. The third-order valence-corrected chi connectivity index (χ3v) is 9.22. The number of rotatable bonds is 26. The van der Waals surface area contributed by atoms with E-state index in [1.165, 1.54) is 11.8 Å². The highest BCUT2D eigenvalue weighted by Crippen LogP contribution is 2.21. The lowest BCUT2D eigenvalue weighted by atomic mass is 10.0. The lowest BCUT2D eigenvalue weighted by molar-refractivity contribution is -0.139. The summed E-state index contributed by atoms with van der Waals surface area (Å²) in [6.07, 6.45) is 6.62. The van der Waals surface area contributed by atoms with E-state index in [4.69, 9.17) is 19.9 Å². The van der Waals surface area contributed by atoms with Crippen LogP contribution in [0.1, 0.15) is 39.9 Å². The minimum atomic E-state index is -1.12. The highest BCUT2D eigenvalue weighted by Gasteiger charge is 2.21. The fraction of sp³-hybridized carbons (Fsp3) is 0.381. The minimum Gasteiger partial charge on any atom is -0.480 e. The van der Waals surface area contributed by atoms with Crippen molar-refractivity contribution in [3.8, 4) is 11.1 Å². The van der Waals surface area contributed by atoms with E-state index in [2.05, 4.69) is 55.5 Å². The standard InChI is InChI=1S/C42H54N8O7/c1-50-29-36(39(51)35-13-8-32(24-38(35)50)27-49-42-45-16-17-46-42)40(52)48-28-37(41(53)54)47-26-31-6-11-34(12-7-31)33-9-4-30(5-10-33)25-44-15-3-19-56-21-23-57-22-20-55-18-2-14-43/h4-13,16-17,24,29,37,44,47H,2-3,14-15,18-23,25-28,43H2,1H3,(H,48,52)(H,53,54)(H2,45,46,49). The van der Waals surface area contributed by atoms with Crippen molar-refractivity contribution in [3.05, 3.63) is 118 Å². The first-order valence-corrected chi connectivity index (χ1v) is 19.2. The average Bonchev–Trinajstić information content (AvgIpc) is 3.75. The Morgan fingerprint density at radius 2 is 1.47 bits per heavy atom. The number of fused-ring (bicyclic) bond motifs is 1. The number of H-pyrrole nitrogens is 1. The number of carbonyl (C=O) groups excluding carboxylic acids is 1. The van der Waals surface area contributed by atoms with Gasteiger partial charge in [-0.3, -0.25) is 19.7 Å². The summed E-state index contributed by atoms with van der Waals surface area (Å²) in [6.45, 7) is 6.41. The van der Waals surface area contributed by atoms with Crippen molar-refractivity contribution >= 4 is 28.7 Å². The Morgan fingerprint density at radius 3 is 2.11 bits per heavy atom. The number of aromatic amines is 1. The lowest BCUT2D eigenvalue weighted by Gasteiger charge is -2.16. The summed E-state index contributed by atoms with van der Waals surface area (Å²) in [5.74, 6) is -1.12. The number of hydrogen-bond acceptors (Lipinski definition) is 11. The Hall–Kier alpha value is -5.42. The van der Waals surface area contributed by atoms with Crippen molar-refractivity contribution in [2.45, 2.75) is 38.5 Å². The second-order valence-electron chi connectivity index (χ2n) is 13.5. The molecule has 2 aromatic heterocycles. The first kappa shape index (κ1) is 42.7. The molecule has 5 rings (SSSR count). The molecular formula is C42H54N8O7. The topological polar surface area (TPSA) is 207 Å². The van der Waals surface area contributed by atoms with Gasteiger partial charge in [0, 0.05) is 70.4 Å². The quantitative estimate of drug-likeness (QED) is 0.0403. The van der Waals surface area contributed by atoms with Gasteiger partial charge >= 0.3 is 5.97 Å². The molecule has 0 radical (unpaired) electrons. The van der Waals surface area contributed by atoms with Gasteiger partial charge in [0.15, 0.2) is 5.95 Å². The number of aromatic nitrogens is 3. The van der Waals surface area contributed by atoms with E-state index in [1.54, 1.807) is 30.1 Å². The Bertz CT molecular complexity index is 2040. The number of anilines is 1. The molecule has 0 aliphatic carbocycles. The number of carboxylic acid groups (broad SMARTS) is 1. The van der Waals surface area contributed by atoms with Gasteiger partial charge in [-0.25, -0.2) is 4.98 Å². The van der Waals surface area contributed by atoms with E-state index >= 15 is 0 Å². The van der Waals surface area contributed by atoms with Crippen LogP contribution in [0.2, 0.25) is 0 Å². The van der Waals surface area contributed by atoms with Crippen LogP contribution in [0.5, 0.6) is 0 Å². The summed E-state index contributed by atoms with van der Waals surface area (Å²) >= 11 is 0. The number of amides is 1. The molecule has 304 valence electrons. The van der Waals surface area contributed by atoms with Gasteiger partial charge in [-0.1, -0.05) is 54.6 Å². The van der Waals surface area contributed by atoms with Gasteiger partial charge < -0.3 is 50.6 Å². The molecule has 0 saturated heterocycles. The van der Waals surface area contributed by atoms with E-state index in [0.717, 1.165) is 48.2 Å². The van der Waals surface area contributed by atoms with Crippen LogP contribution in [0.15, 0.2) is 90.1 Å². The molecule has 8 N–H and O–H groups in total. The number of ether oxygens (including phenoxy) is 3. The van der Waals surface area contributed by atoms with Crippen LogP contribution in [0.25, 0.3) is 22.0 Å². The van der Waals surface area contributed by atoms with Crippen LogP contribution < -0.4 is 32.4 Å². The molecule has 0 aliphatic heterocycles. The normalized spacial score (nSPS) is 11.8. The van der Waals surface area contributed by atoms with Gasteiger partial charge in [0.2, 0.25) is 5.43 Å². The molecule has 0 aliphatic rings. The van der Waals surface area contributed by atoms with Gasteiger partial charge in [0.25, 0.3) is 5.91 Å². The minimum absolute atomic E-state index is 0.0635. The predicted molar refractivity (Wildman–Crippen MR) is 220 cm³/mol. The van der Waals surface area contributed by atoms with E-state index in [9.17, 15) is 19.5 Å². The summed E-state index contributed by atoms with van der Waals surface area (Å²) in [5, 5.41) is 22.5. The van der Waals surface area contributed by atoms with Crippen molar-refractivity contribution in [1.82, 2.24) is 30.5 Å². The number of nitrogens with two attached hydrogens (primary N) is 1. The zero-order valence-corrected chi connectivity index (χ0v) is 32.4. The Labute approximate surface area is 332 Å². The first-order valence-electron chi connectivity index (χ1n) is 19.2. The molecule has 3 aromatic carbocycles. The number of aryl methyl sites for hydroxylation is 1. The highest BCUT2D eigenvalue weighted by molar-refractivity contribution is 5.97. The molecule has 1 unspecified atom stereocenters. The van der Waals surface area contributed by atoms with Crippen LogP contribution >= 0.6 is 0 Å². The zero-order valence-electron chi connectivity index (χ0n) is 32.4. The maximum Gasteiger partial charge on any atom is 0.322 e. The SMILES string of the molecule is Cn1cc(C(=O)NCC(NCc2ccc(-c3ccc(CNCCCOCCOCCOCCCN)cc3)cc2)C(=O)O)c(=O)c2ccc(CNc3ncc[nH]3)cc21. The number of nitrogens with zero attached hydrogens (tertiary/aromatic N) is 2. The van der Waals surface area contributed by atoms with Crippen molar-refractivity contribution in [2.24, 2.45) is 12.8 Å². The number of pyridine rings is 1. The van der Waals surface area contributed by atoms with E-state index in [0.29, 0.717) is 69.6 Å². The summed E-state index contributed by atoms with van der Waals surface area (Å²) in [6, 6.07) is 20.6. The molecule has 0 spiro atoms. The van der Waals surface area contributed by atoms with E-state index in [1.807, 2.05) is 36.4 Å². The summed E-state index contributed by atoms with van der Waals surface area (Å²) in [7, 11) is 1.76. The Balaban J connectivity index is 1.01. The first-order chi connectivity index (χ1) is 27.8. The van der Waals surface area contributed by atoms with Crippen LogP contribution in [0.3, 0.4) is 0 Å². The van der Waals surface area contributed by atoms with Gasteiger partial charge in [-0.05, 0) is 65.9 Å². The maximum absolute atomic E-state index is 13.3. The van der Waals surface area contributed by atoms with Crippen molar-refractivity contribution in [2.75, 3.05) is 64.6 Å². The smallest absolute Gasteiger partial charge is 0.322 e. The number of nitrogens with one attached hydrogen (secondary N) is 5. The van der Waals surface area contributed by atoms with E-state index in [-0.39, 0.29) is 18.7 Å². The molecule has 1 amide bonds. The van der Waals surface area contributed by atoms with Crippen molar-refractivity contribution < 1.29 is 28.9 Å². The number of hydrogen-bond donors (Lipinski definition) is 7. The second-order valence-corrected chi connectivity index (χ2v) is 13.5. The van der Waals surface area contributed by atoms with Crippen molar-refractivity contribution in [3.63, 3.8) is 0 Å². The largest absolute Gasteiger partial charge is 0.480 e. The molecule has 0 bridgehead atoms. The third-order valence-electron chi connectivity index (χ3n) is 9.22. The van der Waals surface area contributed by atoms with Crippen LogP contribution in [-0.2, 0) is 45.7 Å². The van der Waals surface area contributed by atoms with Crippen LogP contribution in [0, 0.1) is 0 Å². The summed E-state index contributed by atoms with van der Waals surface area (Å²) in [5.41, 5.74) is 10.7. The highest BCUT2D eigenvalue weighted by atomic mass is 16.5.